The van der Waals surface area contributed by atoms with Crippen molar-refractivity contribution in [1.29, 1.82) is 0 Å². The first-order chi connectivity index (χ1) is 25.3. The maximum absolute atomic E-state index is 14.4. The van der Waals surface area contributed by atoms with Gasteiger partial charge in [-0.15, -0.1) is 0 Å². The van der Waals surface area contributed by atoms with Crippen molar-refractivity contribution in [3.63, 3.8) is 0 Å². The van der Waals surface area contributed by atoms with Crippen LogP contribution in [-0.4, -0.2) is 59.8 Å². The van der Waals surface area contributed by atoms with Crippen molar-refractivity contribution in [3.8, 4) is 5.75 Å². The van der Waals surface area contributed by atoms with E-state index in [1.807, 2.05) is 0 Å². The molecule has 30 heteroatoms. The normalized spacial score (nSPS) is 11.8. The molecule has 0 bridgehead atoms. The molecule has 4 aromatic carbocycles. The standard InChI is InChI=1S/C29H22FN9O12S3.Cu.4Na/c30-27-33-28(31-16-7-4-8-17(11-16)52(43,44)45)35-29(34-27)32-22-13-19(54(49,50)51)14-23(24(22)40)37-39-25(15-5-2-1-3-6-15)38-36-21-12-18(53(46,47)48)9-10-20(21)26(41)42;;;;;/h1-14,25,40H,(H,41,42)(H,43,44,45)(H,46,47,48)(H,49,50,51)(H2,31,32,33,34,35);;;;;/q;+2;4*+1/p-5. The Hall–Kier alpha value is -1.86. The van der Waals surface area contributed by atoms with Gasteiger partial charge in [-0.05, 0) is 48.5 Å². The van der Waals surface area contributed by atoms with Crippen LogP contribution >= 0.6 is 0 Å². The van der Waals surface area contributed by atoms with Gasteiger partial charge in [0.25, 0.3) is 0 Å². The molecule has 0 aliphatic carbocycles. The minimum absolute atomic E-state index is 0. The van der Waals surface area contributed by atoms with E-state index in [0.717, 1.165) is 18.2 Å². The fourth-order valence-corrected chi connectivity index (χ4v) is 5.80. The minimum Gasteiger partial charge on any atom is -0.870 e. The number of halogens is 1. The van der Waals surface area contributed by atoms with E-state index >= 15 is 0 Å². The van der Waals surface area contributed by atoms with Gasteiger partial charge in [-0.2, -0.15) is 39.8 Å². The summed E-state index contributed by atoms with van der Waals surface area (Å²) in [7, 11) is -15.3. The van der Waals surface area contributed by atoms with E-state index in [9.17, 15) is 58.3 Å². The van der Waals surface area contributed by atoms with Gasteiger partial charge >= 0.3 is 141 Å². The van der Waals surface area contributed by atoms with Gasteiger partial charge in [0.15, 0.2) is 0 Å². The van der Waals surface area contributed by atoms with Crippen molar-refractivity contribution in [2.24, 2.45) is 20.5 Å². The summed E-state index contributed by atoms with van der Waals surface area (Å²) in [4.78, 5) is 19.7. The SMILES string of the molecule is O=C([O-])c1ccc(S(=O)(=O)[O-])cc1N=NC(N=Nc1cc(S(=O)(=O)[O-])cc(Nc2nc(F)nc(Nc3cccc(S(=O)(=O)[O-])c3)n2)c1[O-])c1ccccc1.[Cu+2].[Na+].[Na+].[Na+].[Na+]. The Morgan fingerprint density at radius 3 is 1.73 bits per heavy atom. The van der Waals surface area contributed by atoms with Crippen LogP contribution in [0.15, 0.2) is 120 Å². The number of hydrogen-bond acceptors (Lipinski definition) is 21. The van der Waals surface area contributed by atoms with E-state index in [-0.39, 0.29) is 147 Å². The van der Waals surface area contributed by atoms with Crippen molar-refractivity contribution in [1.82, 2.24) is 15.0 Å². The molecule has 21 nitrogen and oxygen atoms in total. The number of aromatic carboxylic acids is 1. The van der Waals surface area contributed by atoms with E-state index < -0.39 is 104 Å². The van der Waals surface area contributed by atoms with Crippen LogP contribution in [0.5, 0.6) is 5.75 Å². The zero-order valence-corrected chi connectivity index (χ0v) is 42.0. The van der Waals surface area contributed by atoms with Crippen LogP contribution < -0.4 is 139 Å². The number of carbonyl (C=O) groups is 1. The molecular formula is C29H17CuFN9Na4O12S3+. The molecule has 289 valence electrons. The molecule has 2 N–H and O–H groups in total. The first kappa shape index (κ1) is 57.1. The Morgan fingerprint density at radius 2 is 1.17 bits per heavy atom. The number of nitrogens with zero attached hydrogens (tertiary/aromatic N) is 7. The molecule has 1 unspecified atom stereocenters. The third kappa shape index (κ3) is 16.1. The van der Waals surface area contributed by atoms with Crippen molar-refractivity contribution >= 4 is 71.0 Å². The third-order valence-corrected chi connectivity index (χ3v) is 9.17. The Bertz CT molecular complexity index is 2700. The maximum atomic E-state index is 14.4. The van der Waals surface area contributed by atoms with Crippen LogP contribution in [0.25, 0.3) is 0 Å². The zero-order valence-electron chi connectivity index (χ0n) is 30.6. The van der Waals surface area contributed by atoms with Crippen molar-refractivity contribution < 1.29 is 194 Å². The average molecular weight is 954 g/mol. The topological polar surface area (TPSA) is 347 Å². The molecule has 0 saturated carbocycles. The number of hydrogen-bond donors (Lipinski definition) is 2. The molecule has 0 spiro atoms. The Balaban J connectivity index is 0.00000673. The van der Waals surface area contributed by atoms with Crippen LogP contribution in [0.1, 0.15) is 22.1 Å². The number of benzene rings is 4. The van der Waals surface area contributed by atoms with E-state index in [1.54, 1.807) is 6.07 Å². The summed E-state index contributed by atoms with van der Waals surface area (Å²) in [6.45, 7) is 0. The van der Waals surface area contributed by atoms with Crippen LogP contribution in [-0.2, 0) is 47.4 Å². The van der Waals surface area contributed by atoms with E-state index in [1.165, 1.54) is 36.4 Å². The fraction of sp³-hybridized carbons (Fsp3) is 0.0345. The third-order valence-electron chi connectivity index (χ3n) is 6.69. The van der Waals surface area contributed by atoms with Gasteiger partial charge in [0.2, 0.25) is 18.1 Å². The molecule has 5 aromatic rings. The average Bonchev–Trinajstić information content (AvgIpc) is 3.08. The quantitative estimate of drug-likeness (QED) is 0.0629. The predicted molar refractivity (Wildman–Crippen MR) is 172 cm³/mol. The maximum Gasteiger partial charge on any atom is 2.00 e. The Kier molecular flexibility index (Phi) is 23.3. The van der Waals surface area contributed by atoms with E-state index in [0.29, 0.717) is 24.3 Å². The number of carbonyl (C=O) groups excluding carboxylic acids is 1. The summed E-state index contributed by atoms with van der Waals surface area (Å²) in [5.74, 6) is -4.29. The monoisotopic (exact) mass is 953 g/mol. The van der Waals surface area contributed by atoms with Crippen molar-refractivity contribution in [3.05, 3.63) is 102 Å². The van der Waals surface area contributed by atoms with Crippen LogP contribution in [0.2, 0.25) is 0 Å². The Morgan fingerprint density at radius 1 is 0.644 bits per heavy atom. The van der Waals surface area contributed by atoms with Gasteiger partial charge in [0, 0.05) is 22.5 Å². The molecule has 59 heavy (non-hydrogen) atoms. The number of rotatable bonds is 13. The van der Waals surface area contributed by atoms with Gasteiger partial charge in [-0.3, -0.25) is 0 Å². The van der Waals surface area contributed by atoms with Gasteiger partial charge in [0.1, 0.15) is 30.4 Å². The molecule has 0 aliphatic heterocycles. The first-order valence-electron chi connectivity index (χ1n) is 14.3. The number of carboxylic acids is 1. The van der Waals surface area contributed by atoms with Gasteiger partial charge in [-0.1, -0.05) is 42.1 Å². The number of carboxylic acid groups (broad SMARTS) is 1. The molecule has 1 heterocycles. The van der Waals surface area contributed by atoms with Crippen LogP contribution in [0.3, 0.4) is 0 Å². The summed E-state index contributed by atoms with van der Waals surface area (Å²) in [6, 6.07) is 15.0. The second-order valence-electron chi connectivity index (χ2n) is 10.4. The fourth-order valence-electron chi connectivity index (χ4n) is 4.28. The largest absolute Gasteiger partial charge is 2.00 e. The molecule has 1 radical (unpaired) electrons. The summed E-state index contributed by atoms with van der Waals surface area (Å²) < 4.78 is 119. The molecule has 1 atom stereocenters. The van der Waals surface area contributed by atoms with Gasteiger partial charge < -0.3 is 39.3 Å². The van der Waals surface area contributed by atoms with E-state index in [4.69, 9.17) is 0 Å². The van der Waals surface area contributed by atoms with Crippen LogP contribution in [0.4, 0.5) is 39.0 Å². The smallest absolute Gasteiger partial charge is 0.870 e. The van der Waals surface area contributed by atoms with Crippen LogP contribution in [0, 0.1) is 6.08 Å². The molecular weight excluding hydrogens is 937 g/mol. The summed E-state index contributed by atoms with van der Waals surface area (Å²) in [5.41, 5.74) is -2.77. The molecule has 0 saturated heterocycles. The van der Waals surface area contributed by atoms with Gasteiger partial charge in [0.05, 0.1) is 32.0 Å². The number of anilines is 4. The summed E-state index contributed by atoms with van der Waals surface area (Å²) >= 11 is 0. The number of azo groups is 2. The molecule has 1 aromatic heterocycles. The second kappa shape index (κ2) is 24.1. The summed E-state index contributed by atoms with van der Waals surface area (Å²) in [6.07, 6.45) is -3.02. The van der Waals surface area contributed by atoms with Crippen molar-refractivity contribution in [2.75, 3.05) is 10.6 Å². The summed E-state index contributed by atoms with van der Waals surface area (Å²) in [5, 5.41) is 44.9. The minimum atomic E-state index is -5.32. The molecule has 0 aliphatic rings. The molecule has 0 fully saturated rings. The molecule has 0 amide bonds. The Labute approximate surface area is 433 Å². The first-order valence-corrected chi connectivity index (χ1v) is 18.5. The molecule has 5 rings (SSSR count). The van der Waals surface area contributed by atoms with Crippen molar-refractivity contribution in [2.45, 2.75) is 20.9 Å². The van der Waals surface area contributed by atoms with E-state index in [2.05, 4.69) is 46.0 Å². The zero-order chi connectivity index (χ0) is 39.4. The van der Waals surface area contributed by atoms with Gasteiger partial charge in [-0.25, -0.2) is 25.3 Å². The number of nitrogens with one attached hydrogen (secondary N) is 2. The predicted octanol–water partition coefficient (Wildman–Crippen LogP) is -9.77. The number of aromatic nitrogens is 3. The second-order valence-corrected chi connectivity index (χ2v) is 14.5.